The quantitative estimate of drug-likeness (QED) is 0.750. The first-order valence-corrected chi connectivity index (χ1v) is 10.9. The van der Waals surface area contributed by atoms with E-state index in [1.54, 1.807) is 0 Å². The number of hydrogen-bond donors (Lipinski definition) is 1. The number of carbonyl (C=O) groups excluding carboxylic acids is 2. The second-order valence-corrected chi connectivity index (χ2v) is 9.70. The Labute approximate surface area is 171 Å². The summed E-state index contributed by atoms with van der Waals surface area (Å²) in [4.78, 5) is 25.0. The van der Waals surface area contributed by atoms with Crippen LogP contribution in [-0.2, 0) is 9.53 Å². The van der Waals surface area contributed by atoms with Crippen LogP contribution in [0.2, 0.25) is 0 Å². The largest absolute Gasteiger partial charge is 0.450 e. The Kier molecular flexibility index (Phi) is 4.45. The summed E-state index contributed by atoms with van der Waals surface area (Å²) in [5.41, 5.74) is 1.63. The minimum absolute atomic E-state index is 0.120. The molecule has 1 atom stereocenters. The lowest BCUT2D eigenvalue weighted by Gasteiger charge is -2.59. The van der Waals surface area contributed by atoms with E-state index in [0.29, 0.717) is 5.58 Å². The van der Waals surface area contributed by atoms with Crippen molar-refractivity contribution in [2.24, 2.45) is 23.2 Å². The summed E-state index contributed by atoms with van der Waals surface area (Å²) in [5, 5.41) is 4.03. The smallest absolute Gasteiger partial charge is 0.375 e. The van der Waals surface area contributed by atoms with E-state index in [9.17, 15) is 9.59 Å². The van der Waals surface area contributed by atoms with Crippen LogP contribution in [0.4, 0.5) is 0 Å². The maximum absolute atomic E-state index is 12.5. The third-order valence-electron chi connectivity index (χ3n) is 7.75. The molecule has 29 heavy (non-hydrogen) atoms. The average Bonchev–Trinajstić information content (AvgIpc) is 3.02. The van der Waals surface area contributed by atoms with Crippen LogP contribution >= 0.6 is 0 Å². The number of esters is 1. The van der Waals surface area contributed by atoms with Crippen molar-refractivity contribution < 1.29 is 18.7 Å². The lowest BCUT2D eigenvalue weighted by atomic mass is 9.48. The molecule has 4 aliphatic rings. The standard InChI is InChI=1S/C24H29NO4/c1-14-19-5-3-4-6-20(19)29-22(14)23(27)28-13-21(26)25-15(2)24-10-16-7-17(11-24)9-18(8-16)12-24/h3-6,15-18H,7-13H2,1-2H3,(H,25,26). The molecule has 1 unspecified atom stereocenters. The summed E-state index contributed by atoms with van der Waals surface area (Å²) in [6, 6.07) is 7.61. The molecule has 4 aliphatic carbocycles. The van der Waals surface area contributed by atoms with Gasteiger partial charge < -0.3 is 14.5 Å². The lowest BCUT2D eigenvalue weighted by Crippen LogP contribution is -2.56. The minimum Gasteiger partial charge on any atom is -0.450 e. The van der Waals surface area contributed by atoms with Crippen LogP contribution in [-0.4, -0.2) is 24.5 Å². The predicted octanol–water partition coefficient (Wildman–Crippen LogP) is 4.62. The molecule has 4 fully saturated rings. The molecule has 1 aromatic heterocycles. The fraction of sp³-hybridized carbons (Fsp3) is 0.583. The third-order valence-corrected chi connectivity index (χ3v) is 7.75. The number of ether oxygens (including phenoxy) is 1. The minimum atomic E-state index is -0.587. The van der Waals surface area contributed by atoms with Crippen LogP contribution in [0.1, 0.15) is 61.6 Å². The molecule has 1 heterocycles. The van der Waals surface area contributed by atoms with E-state index in [1.165, 1.54) is 38.5 Å². The fourth-order valence-corrected chi connectivity index (χ4v) is 6.71. The van der Waals surface area contributed by atoms with Crippen LogP contribution in [0, 0.1) is 30.1 Å². The van der Waals surface area contributed by atoms with E-state index in [0.717, 1.165) is 28.7 Å². The van der Waals surface area contributed by atoms with E-state index in [4.69, 9.17) is 9.15 Å². The Balaban J connectivity index is 1.20. The lowest BCUT2D eigenvalue weighted by molar-refractivity contribution is -0.128. The average molecular weight is 395 g/mol. The number of nitrogens with one attached hydrogen (secondary N) is 1. The van der Waals surface area contributed by atoms with Gasteiger partial charge in [-0.15, -0.1) is 0 Å². The molecule has 154 valence electrons. The van der Waals surface area contributed by atoms with Crippen LogP contribution in [0.3, 0.4) is 0 Å². The number of aryl methyl sites for hydroxylation is 1. The zero-order valence-corrected chi connectivity index (χ0v) is 17.2. The number of benzene rings is 1. The van der Waals surface area contributed by atoms with Crippen molar-refractivity contribution in [1.29, 1.82) is 0 Å². The highest BCUT2D eigenvalue weighted by Gasteiger charge is 2.53. The molecular formula is C24H29NO4. The molecule has 2 aromatic rings. The number of amides is 1. The second kappa shape index (κ2) is 6.89. The SMILES string of the molecule is Cc1c(C(=O)OCC(=O)NC(C)C23CC4CC(CC(C4)C2)C3)oc2ccccc12. The van der Waals surface area contributed by atoms with Crippen molar-refractivity contribution in [3.8, 4) is 0 Å². The Morgan fingerprint density at radius 3 is 2.38 bits per heavy atom. The number of furan rings is 1. The van der Waals surface area contributed by atoms with Crippen LogP contribution < -0.4 is 5.32 Å². The highest BCUT2D eigenvalue weighted by atomic mass is 16.5. The first-order chi connectivity index (χ1) is 13.9. The molecule has 5 nitrogen and oxygen atoms in total. The maximum Gasteiger partial charge on any atom is 0.375 e. The number of para-hydroxylation sites is 1. The molecular weight excluding hydrogens is 366 g/mol. The first kappa shape index (κ1) is 18.7. The van der Waals surface area contributed by atoms with E-state index < -0.39 is 5.97 Å². The van der Waals surface area contributed by atoms with Gasteiger partial charge in [-0.25, -0.2) is 4.79 Å². The van der Waals surface area contributed by atoms with E-state index in [1.807, 2.05) is 31.2 Å². The summed E-state index contributed by atoms with van der Waals surface area (Å²) in [6.07, 6.45) is 7.85. The molecule has 0 radical (unpaired) electrons. The second-order valence-electron chi connectivity index (χ2n) is 9.70. The van der Waals surface area contributed by atoms with Crippen molar-refractivity contribution >= 4 is 22.8 Å². The van der Waals surface area contributed by atoms with Gasteiger partial charge in [0.1, 0.15) is 5.58 Å². The molecule has 0 spiro atoms. The predicted molar refractivity (Wildman–Crippen MR) is 109 cm³/mol. The third kappa shape index (κ3) is 3.24. The molecule has 1 aromatic carbocycles. The van der Waals surface area contributed by atoms with E-state index in [2.05, 4.69) is 12.2 Å². The highest BCUT2D eigenvalue weighted by Crippen LogP contribution is 2.61. The van der Waals surface area contributed by atoms with Crippen LogP contribution in [0.5, 0.6) is 0 Å². The Hall–Kier alpha value is -2.30. The van der Waals surface area contributed by atoms with Crippen molar-refractivity contribution in [1.82, 2.24) is 5.32 Å². The van der Waals surface area contributed by atoms with Gasteiger partial charge in [-0.3, -0.25) is 4.79 Å². The van der Waals surface area contributed by atoms with Gasteiger partial charge in [0.05, 0.1) is 0 Å². The molecule has 0 aliphatic heterocycles. The molecule has 6 rings (SSSR count). The van der Waals surface area contributed by atoms with Gasteiger partial charge in [-0.05, 0) is 81.6 Å². The van der Waals surface area contributed by atoms with Gasteiger partial charge in [0.15, 0.2) is 6.61 Å². The Morgan fingerprint density at radius 1 is 1.14 bits per heavy atom. The van der Waals surface area contributed by atoms with Gasteiger partial charge in [0.25, 0.3) is 5.91 Å². The zero-order valence-electron chi connectivity index (χ0n) is 17.2. The summed E-state index contributed by atoms with van der Waals surface area (Å²) in [5.74, 6) is 1.89. The summed E-state index contributed by atoms with van der Waals surface area (Å²) in [7, 11) is 0. The highest BCUT2D eigenvalue weighted by molar-refractivity contribution is 5.96. The molecule has 4 saturated carbocycles. The summed E-state index contributed by atoms with van der Waals surface area (Å²) in [6.45, 7) is 3.69. The number of hydrogen-bond acceptors (Lipinski definition) is 4. The Morgan fingerprint density at radius 2 is 1.76 bits per heavy atom. The van der Waals surface area contributed by atoms with Crippen molar-refractivity contribution in [2.75, 3.05) is 6.61 Å². The van der Waals surface area contributed by atoms with E-state index >= 15 is 0 Å². The molecule has 0 saturated heterocycles. The van der Waals surface area contributed by atoms with E-state index in [-0.39, 0.29) is 29.7 Å². The Bertz CT molecular complexity index is 924. The van der Waals surface area contributed by atoms with Crippen LogP contribution in [0.25, 0.3) is 11.0 Å². The van der Waals surface area contributed by atoms with Gasteiger partial charge >= 0.3 is 5.97 Å². The van der Waals surface area contributed by atoms with Gasteiger partial charge in [-0.2, -0.15) is 0 Å². The molecule has 1 amide bonds. The van der Waals surface area contributed by atoms with Crippen molar-refractivity contribution in [2.45, 2.75) is 58.4 Å². The number of rotatable bonds is 5. The van der Waals surface area contributed by atoms with Crippen LogP contribution in [0.15, 0.2) is 28.7 Å². The van der Waals surface area contributed by atoms with Gasteiger partial charge in [0.2, 0.25) is 5.76 Å². The maximum atomic E-state index is 12.5. The molecule has 4 bridgehead atoms. The fourth-order valence-electron chi connectivity index (χ4n) is 6.71. The summed E-state index contributed by atoms with van der Waals surface area (Å²) < 4.78 is 10.9. The van der Waals surface area contributed by atoms with Gasteiger partial charge in [0, 0.05) is 17.0 Å². The van der Waals surface area contributed by atoms with Gasteiger partial charge in [-0.1, -0.05) is 18.2 Å². The summed E-state index contributed by atoms with van der Waals surface area (Å²) >= 11 is 0. The molecule has 5 heteroatoms. The monoisotopic (exact) mass is 395 g/mol. The topological polar surface area (TPSA) is 68.5 Å². The number of fused-ring (bicyclic) bond motifs is 1. The zero-order chi connectivity index (χ0) is 20.2. The van der Waals surface area contributed by atoms with Crippen molar-refractivity contribution in [3.05, 3.63) is 35.6 Å². The molecule has 1 N–H and O–H groups in total. The first-order valence-electron chi connectivity index (χ1n) is 10.9. The number of carbonyl (C=O) groups is 2. The van der Waals surface area contributed by atoms with Crippen molar-refractivity contribution in [3.63, 3.8) is 0 Å². The normalized spacial score (nSPS) is 31.0.